The molecule has 1 fully saturated rings. The molecule has 2 atom stereocenters. The van der Waals surface area contributed by atoms with Crippen molar-refractivity contribution in [2.24, 2.45) is 5.92 Å². The minimum Gasteiger partial charge on any atom is -0.373 e. The van der Waals surface area contributed by atoms with Crippen LogP contribution in [-0.4, -0.2) is 18.1 Å². The Balaban J connectivity index is 1.56. The van der Waals surface area contributed by atoms with Crippen molar-refractivity contribution < 1.29 is 4.74 Å². The highest BCUT2D eigenvalue weighted by atomic mass is 32.1. The second kappa shape index (κ2) is 6.69. The first-order valence-electron chi connectivity index (χ1n) is 7.54. The van der Waals surface area contributed by atoms with Gasteiger partial charge in [-0.05, 0) is 25.8 Å². The lowest BCUT2D eigenvalue weighted by molar-refractivity contribution is 0.0904. The zero-order valence-electron chi connectivity index (χ0n) is 12.6. The van der Waals surface area contributed by atoms with Crippen molar-refractivity contribution in [3.63, 3.8) is 0 Å². The van der Waals surface area contributed by atoms with Gasteiger partial charge in [0.25, 0.3) is 0 Å². The fraction of sp³-hybridized carbons (Fsp3) is 0.471. The third-order valence-electron chi connectivity index (χ3n) is 4.03. The minimum absolute atomic E-state index is 0.239. The summed E-state index contributed by atoms with van der Waals surface area (Å²) < 4.78 is 5.93. The monoisotopic (exact) mass is 302 g/mol. The third kappa shape index (κ3) is 3.51. The molecule has 1 N–H and O–H groups in total. The maximum atomic E-state index is 5.93. The topological polar surface area (TPSA) is 34.2 Å². The molecule has 0 unspecified atom stereocenters. The van der Waals surface area contributed by atoms with E-state index in [1.54, 1.807) is 11.3 Å². The first kappa shape index (κ1) is 14.7. The van der Waals surface area contributed by atoms with Crippen molar-refractivity contribution in [3.05, 3.63) is 51.5 Å². The van der Waals surface area contributed by atoms with E-state index in [-0.39, 0.29) is 6.10 Å². The van der Waals surface area contributed by atoms with Crippen LogP contribution in [-0.2, 0) is 11.3 Å². The fourth-order valence-electron chi connectivity index (χ4n) is 2.96. The predicted molar refractivity (Wildman–Crippen MR) is 86.5 cm³/mol. The van der Waals surface area contributed by atoms with Gasteiger partial charge in [-0.1, -0.05) is 30.3 Å². The van der Waals surface area contributed by atoms with E-state index in [0.717, 1.165) is 36.8 Å². The average Bonchev–Trinajstić information content (AvgIpc) is 3.07. The number of thiazole rings is 1. The summed E-state index contributed by atoms with van der Waals surface area (Å²) in [5.74, 6) is 0.557. The van der Waals surface area contributed by atoms with Gasteiger partial charge in [0.2, 0.25) is 0 Å². The first-order chi connectivity index (χ1) is 10.2. The van der Waals surface area contributed by atoms with E-state index in [9.17, 15) is 0 Å². The third-order valence-corrected chi connectivity index (χ3v) is 5.11. The lowest BCUT2D eigenvalue weighted by Gasteiger charge is -2.19. The summed E-state index contributed by atoms with van der Waals surface area (Å²) in [7, 11) is 0. The van der Waals surface area contributed by atoms with Crippen LogP contribution in [0.4, 0.5) is 0 Å². The second-order valence-corrected chi connectivity index (χ2v) is 6.91. The van der Waals surface area contributed by atoms with Crippen molar-refractivity contribution in [3.8, 4) is 0 Å². The van der Waals surface area contributed by atoms with Gasteiger partial charge in [0.1, 0.15) is 0 Å². The number of nitrogens with zero attached hydrogens (tertiary/aromatic N) is 1. The molecule has 1 saturated heterocycles. The molecule has 0 bridgehead atoms. The smallest absolute Gasteiger partial charge is 0.0900 e. The van der Waals surface area contributed by atoms with E-state index >= 15 is 0 Å². The van der Waals surface area contributed by atoms with Crippen LogP contribution in [0.15, 0.2) is 30.3 Å². The second-order valence-electron chi connectivity index (χ2n) is 5.62. The highest BCUT2D eigenvalue weighted by Gasteiger charge is 2.29. The van der Waals surface area contributed by atoms with Crippen molar-refractivity contribution >= 4 is 11.3 Å². The Morgan fingerprint density at radius 3 is 2.81 bits per heavy atom. The summed E-state index contributed by atoms with van der Waals surface area (Å²) in [4.78, 5) is 5.83. The summed E-state index contributed by atoms with van der Waals surface area (Å²) in [5, 5.41) is 4.74. The molecule has 1 aliphatic rings. The Morgan fingerprint density at radius 1 is 1.29 bits per heavy atom. The highest BCUT2D eigenvalue weighted by Crippen LogP contribution is 2.34. The Bertz CT molecular complexity index is 582. The molecule has 4 heteroatoms. The van der Waals surface area contributed by atoms with Crippen molar-refractivity contribution in [1.82, 2.24) is 10.3 Å². The summed E-state index contributed by atoms with van der Waals surface area (Å²) >= 11 is 1.79. The highest BCUT2D eigenvalue weighted by molar-refractivity contribution is 7.11. The maximum absolute atomic E-state index is 5.93. The fourth-order valence-corrected chi connectivity index (χ4v) is 3.87. The Hall–Kier alpha value is -1.23. The molecule has 0 saturated carbocycles. The van der Waals surface area contributed by atoms with Crippen LogP contribution in [0.5, 0.6) is 0 Å². The van der Waals surface area contributed by atoms with Gasteiger partial charge >= 0.3 is 0 Å². The Morgan fingerprint density at radius 2 is 2.10 bits per heavy atom. The molecule has 3 nitrogen and oxygen atoms in total. The molecule has 1 aliphatic heterocycles. The van der Waals surface area contributed by atoms with E-state index < -0.39 is 0 Å². The number of hydrogen-bond donors (Lipinski definition) is 1. The van der Waals surface area contributed by atoms with E-state index in [4.69, 9.17) is 4.74 Å². The summed E-state index contributed by atoms with van der Waals surface area (Å²) in [6.45, 7) is 6.93. The molecule has 3 rings (SSSR count). The van der Waals surface area contributed by atoms with Gasteiger partial charge in [0.05, 0.1) is 16.8 Å². The van der Waals surface area contributed by atoms with Crippen LogP contribution >= 0.6 is 11.3 Å². The predicted octanol–water partition coefficient (Wildman–Crippen LogP) is 3.63. The zero-order chi connectivity index (χ0) is 14.7. The van der Waals surface area contributed by atoms with Gasteiger partial charge in [-0.15, -0.1) is 11.3 Å². The average molecular weight is 302 g/mol. The van der Waals surface area contributed by atoms with Crippen molar-refractivity contribution in [2.75, 3.05) is 13.2 Å². The summed E-state index contributed by atoms with van der Waals surface area (Å²) in [6, 6.07) is 10.6. The lowest BCUT2D eigenvalue weighted by Crippen LogP contribution is -2.24. The van der Waals surface area contributed by atoms with Crippen LogP contribution in [0.1, 0.15) is 33.7 Å². The normalized spacial score (nSPS) is 21.8. The van der Waals surface area contributed by atoms with Gasteiger partial charge in [-0.3, -0.25) is 0 Å². The van der Waals surface area contributed by atoms with Crippen molar-refractivity contribution in [1.29, 1.82) is 0 Å². The van der Waals surface area contributed by atoms with Crippen LogP contribution in [0.2, 0.25) is 0 Å². The molecular formula is C17H22N2OS. The molecule has 2 heterocycles. The lowest BCUT2D eigenvalue weighted by atomic mass is 9.95. The van der Waals surface area contributed by atoms with Gasteiger partial charge in [0.15, 0.2) is 0 Å². The molecule has 21 heavy (non-hydrogen) atoms. The zero-order valence-corrected chi connectivity index (χ0v) is 13.5. The standard InChI is InChI=1S/C17H22N2OS/c1-12-16(21-13(2)19-12)11-18-10-15-8-9-20-17(15)14-6-4-3-5-7-14/h3-7,15,17-18H,8-11H2,1-2H3/t15-,17-/m1/s1. The van der Waals surface area contributed by atoms with Gasteiger partial charge < -0.3 is 10.1 Å². The minimum atomic E-state index is 0.239. The number of benzene rings is 1. The van der Waals surface area contributed by atoms with Crippen LogP contribution in [0.25, 0.3) is 0 Å². The van der Waals surface area contributed by atoms with E-state index in [1.165, 1.54) is 10.4 Å². The van der Waals surface area contributed by atoms with Crippen LogP contribution in [0.3, 0.4) is 0 Å². The first-order valence-corrected chi connectivity index (χ1v) is 8.36. The van der Waals surface area contributed by atoms with Crippen LogP contribution in [0, 0.1) is 19.8 Å². The number of aryl methyl sites for hydroxylation is 2. The SMILES string of the molecule is Cc1nc(C)c(CNC[C@H]2CCO[C@@H]2c2ccccc2)s1. The largest absolute Gasteiger partial charge is 0.373 e. The van der Waals surface area contributed by atoms with Crippen molar-refractivity contribution in [2.45, 2.75) is 32.9 Å². The molecule has 0 radical (unpaired) electrons. The Kier molecular flexibility index (Phi) is 4.68. The van der Waals surface area contributed by atoms with E-state index in [0.29, 0.717) is 5.92 Å². The molecule has 1 aromatic heterocycles. The molecule has 112 valence electrons. The number of ether oxygens (including phenoxy) is 1. The van der Waals surface area contributed by atoms with Gasteiger partial charge in [0, 0.05) is 30.5 Å². The van der Waals surface area contributed by atoms with Gasteiger partial charge in [-0.2, -0.15) is 0 Å². The van der Waals surface area contributed by atoms with Gasteiger partial charge in [-0.25, -0.2) is 4.98 Å². The number of nitrogens with one attached hydrogen (secondary N) is 1. The van der Waals surface area contributed by atoms with E-state index in [2.05, 4.69) is 54.5 Å². The summed E-state index contributed by atoms with van der Waals surface area (Å²) in [6.07, 6.45) is 1.37. The molecule has 2 aromatic rings. The molecular weight excluding hydrogens is 280 g/mol. The number of rotatable bonds is 5. The number of aromatic nitrogens is 1. The van der Waals surface area contributed by atoms with Crippen LogP contribution < -0.4 is 5.32 Å². The molecule has 1 aromatic carbocycles. The summed E-state index contributed by atoms with van der Waals surface area (Å²) in [5.41, 5.74) is 2.46. The Labute approximate surface area is 130 Å². The molecule has 0 amide bonds. The number of hydrogen-bond acceptors (Lipinski definition) is 4. The quantitative estimate of drug-likeness (QED) is 0.916. The van der Waals surface area contributed by atoms with E-state index in [1.807, 2.05) is 0 Å². The molecule has 0 aliphatic carbocycles. The molecule has 0 spiro atoms. The maximum Gasteiger partial charge on any atom is 0.0900 e.